The molecule has 0 aliphatic carbocycles. The summed E-state index contributed by atoms with van der Waals surface area (Å²) in [5.41, 5.74) is 1.41. The molecule has 2 atom stereocenters. The van der Waals surface area contributed by atoms with E-state index in [-0.39, 0.29) is 29.1 Å². The van der Waals surface area contributed by atoms with Crippen LogP contribution in [0.4, 0.5) is 5.69 Å². The molecule has 0 aliphatic rings. The van der Waals surface area contributed by atoms with E-state index in [9.17, 15) is 18.0 Å². The molecule has 3 aromatic rings. The van der Waals surface area contributed by atoms with Gasteiger partial charge in [0.15, 0.2) is 0 Å². The van der Waals surface area contributed by atoms with Crippen molar-refractivity contribution in [2.45, 2.75) is 57.6 Å². The Balaban J connectivity index is 2.07. The van der Waals surface area contributed by atoms with Crippen LogP contribution in [0.2, 0.25) is 10.0 Å². The first-order valence-electron chi connectivity index (χ1n) is 12.6. The molecular weight excluding hydrogens is 557 g/mol. The van der Waals surface area contributed by atoms with Crippen molar-refractivity contribution in [1.82, 2.24) is 10.2 Å². The lowest BCUT2D eigenvalue weighted by atomic mass is 10.1. The summed E-state index contributed by atoms with van der Waals surface area (Å²) in [4.78, 5) is 28.5. The van der Waals surface area contributed by atoms with Crippen molar-refractivity contribution in [3.63, 3.8) is 0 Å². The van der Waals surface area contributed by atoms with E-state index in [0.29, 0.717) is 27.6 Å². The molecular formula is C29H33Cl2N3O4S. The third-order valence-electron chi connectivity index (χ3n) is 6.58. The number of rotatable bonds is 11. The third-order valence-corrected chi connectivity index (χ3v) is 9.14. The number of nitrogens with one attached hydrogen (secondary N) is 1. The van der Waals surface area contributed by atoms with Gasteiger partial charge in [-0.3, -0.25) is 13.9 Å². The number of amides is 2. The second kappa shape index (κ2) is 13.3. The van der Waals surface area contributed by atoms with Crippen molar-refractivity contribution in [2.24, 2.45) is 0 Å². The molecule has 1 N–H and O–H groups in total. The van der Waals surface area contributed by atoms with E-state index in [1.54, 1.807) is 74.5 Å². The highest BCUT2D eigenvalue weighted by atomic mass is 35.5. The maximum absolute atomic E-state index is 14.0. The Kier molecular flexibility index (Phi) is 10.4. The van der Waals surface area contributed by atoms with Crippen molar-refractivity contribution >= 4 is 50.7 Å². The zero-order chi connectivity index (χ0) is 28.7. The van der Waals surface area contributed by atoms with Crippen LogP contribution in [-0.4, -0.2) is 43.8 Å². The molecule has 3 aromatic carbocycles. The predicted molar refractivity (Wildman–Crippen MR) is 157 cm³/mol. The summed E-state index contributed by atoms with van der Waals surface area (Å²) in [6, 6.07) is 18.8. The molecule has 0 saturated carbocycles. The minimum atomic E-state index is -4.17. The average Bonchev–Trinajstić information content (AvgIpc) is 2.92. The summed E-state index contributed by atoms with van der Waals surface area (Å²) in [5.74, 6) is -0.915. The summed E-state index contributed by atoms with van der Waals surface area (Å²) in [7, 11) is -4.17. The van der Waals surface area contributed by atoms with Crippen molar-refractivity contribution in [2.75, 3.05) is 10.8 Å². The minimum Gasteiger partial charge on any atom is -0.352 e. The second-order valence-corrected chi connectivity index (χ2v) is 12.0. The molecule has 7 nitrogen and oxygen atoms in total. The highest BCUT2D eigenvalue weighted by molar-refractivity contribution is 7.92. The van der Waals surface area contributed by atoms with Gasteiger partial charge in [-0.2, -0.15) is 0 Å². The molecule has 0 radical (unpaired) electrons. The largest absolute Gasteiger partial charge is 0.352 e. The van der Waals surface area contributed by atoms with Crippen LogP contribution < -0.4 is 9.62 Å². The number of carbonyl (C=O) groups is 2. The van der Waals surface area contributed by atoms with E-state index in [4.69, 9.17) is 23.2 Å². The Labute approximate surface area is 240 Å². The van der Waals surface area contributed by atoms with Gasteiger partial charge in [0.25, 0.3) is 10.0 Å². The van der Waals surface area contributed by atoms with E-state index in [0.717, 1.165) is 4.31 Å². The normalized spacial score (nSPS) is 12.9. The molecule has 0 spiro atoms. The fourth-order valence-corrected chi connectivity index (χ4v) is 5.82. The molecule has 0 aliphatic heterocycles. The molecule has 208 valence electrons. The van der Waals surface area contributed by atoms with E-state index in [2.05, 4.69) is 5.32 Å². The third kappa shape index (κ3) is 7.32. The molecule has 0 fully saturated rings. The summed E-state index contributed by atoms with van der Waals surface area (Å²) in [5, 5.41) is 3.71. The van der Waals surface area contributed by atoms with Crippen LogP contribution in [0.5, 0.6) is 0 Å². The first-order chi connectivity index (χ1) is 18.5. The number of anilines is 1. The van der Waals surface area contributed by atoms with Crippen LogP contribution in [0.25, 0.3) is 0 Å². The second-order valence-electron chi connectivity index (χ2n) is 9.32. The lowest BCUT2D eigenvalue weighted by molar-refractivity contribution is -0.139. The molecule has 0 bridgehead atoms. The van der Waals surface area contributed by atoms with Crippen molar-refractivity contribution in [1.29, 1.82) is 0 Å². The quantitative estimate of drug-likeness (QED) is 0.305. The van der Waals surface area contributed by atoms with E-state index >= 15 is 0 Å². The number of halogens is 2. The Morgan fingerprint density at radius 3 is 2.15 bits per heavy atom. The summed E-state index contributed by atoms with van der Waals surface area (Å²) in [6.07, 6.45) is 0.716. The number of benzene rings is 3. The monoisotopic (exact) mass is 589 g/mol. The topological polar surface area (TPSA) is 86.8 Å². The fourth-order valence-electron chi connectivity index (χ4n) is 3.96. The molecule has 0 unspecified atom stereocenters. The van der Waals surface area contributed by atoms with E-state index in [1.807, 2.05) is 13.8 Å². The summed E-state index contributed by atoms with van der Waals surface area (Å²) < 4.78 is 28.8. The van der Waals surface area contributed by atoms with Gasteiger partial charge in [-0.05, 0) is 68.7 Å². The molecule has 0 heterocycles. The average molecular weight is 591 g/mol. The molecule has 0 aromatic heterocycles. The highest BCUT2D eigenvalue weighted by Crippen LogP contribution is 2.31. The summed E-state index contributed by atoms with van der Waals surface area (Å²) >= 11 is 12.7. The molecule has 39 heavy (non-hydrogen) atoms. The summed E-state index contributed by atoms with van der Waals surface area (Å²) in [6.45, 7) is 6.60. The fraction of sp³-hybridized carbons (Fsp3) is 0.310. The Morgan fingerprint density at radius 2 is 1.51 bits per heavy atom. The standard InChI is InChI=1S/C29H33Cl2N3O4S/c1-5-20(2)32-29(36)22(4)33(18-23-12-9-10-15-26(23)31)28(35)19-34(27-17-11-16-25(30)21(27)3)39(37,38)24-13-7-6-8-14-24/h6-17,20,22H,5,18-19H2,1-4H3,(H,32,36)/t20-,22-/m1/s1. The van der Waals surface area contributed by atoms with Crippen molar-refractivity contribution in [3.8, 4) is 0 Å². The van der Waals surface area contributed by atoms with Gasteiger partial charge in [0.2, 0.25) is 11.8 Å². The van der Waals surface area contributed by atoms with Crippen LogP contribution in [0.3, 0.4) is 0 Å². The van der Waals surface area contributed by atoms with Gasteiger partial charge in [0, 0.05) is 22.6 Å². The number of carbonyl (C=O) groups excluding carboxylic acids is 2. The van der Waals surface area contributed by atoms with Gasteiger partial charge in [0.1, 0.15) is 12.6 Å². The van der Waals surface area contributed by atoms with Crippen LogP contribution in [0.1, 0.15) is 38.3 Å². The maximum atomic E-state index is 14.0. The van der Waals surface area contributed by atoms with Crippen molar-refractivity contribution < 1.29 is 18.0 Å². The number of hydrogen-bond donors (Lipinski definition) is 1. The highest BCUT2D eigenvalue weighted by Gasteiger charge is 2.33. The first-order valence-corrected chi connectivity index (χ1v) is 14.8. The van der Waals surface area contributed by atoms with Crippen LogP contribution in [0, 0.1) is 6.92 Å². The van der Waals surface area contributed by atoms with Crippen LogP contribution in [0.15, 0.2) is 77.7 Å². The van der Waals surface area contributed by atoms with Crippen LogP contribution in [-0.2, 0) is 26.2 Å². The lowest BCUT2D eigenvalue weighted by Crippen LogP contribution is -2.52. The lowest BCUT2D eigenvalue weighted by Gasteiger charge is -2.33. The number of nitrogens with zero attached hydrogens (tertiary/aromatic N) is 2. The van der Waals surface area contributed by atoms with Gasteiger partial charge in [-0.1, -0.05) is 72.6 Å². The molecule has 2 amide bonds. The SMILES string of the molecule is CC[C@@H](C)NC(=O)[C@@H](C)N(Cc1ccccc1Cl)C(=O)CN(c1cccc(Cl)c1C)S(=O)(=O)c1ccccc1. The van der Waals surface area contributed by atoms with E-state index in [1.165, 1.54) is 17.0 Å². The van der Waals surface area contributed by atoms with Crippen molar-refractivity contribution in [3.05, 3.63) is 94.0 Å². The van der Waals surface area contributed by atoms with Gasteiger partial charge in [-0.15, -0.1) is 0 Å². The number of sulfonamides is 1. The van der Waals surface area contributed by atoms with Gasteiger partial charge < -0.3 is 10.2 Å². The van der Waals surface area contributed by atoms with E-state index < -0.39 is 28.5 Å². The zero-order valence-corrected chi connectivity index (χ0v) is 24.7. The smallest absolute Gasteiger partial charge is 0.264 e. The Hall–Kier alpha value is -3.07. The minimum absolute atomic E-state index is 0.0152. The number of hydrogen-bond acceptors (Lipinski definition) is 4. The zero-order valence-electron chi connectivity index (χ0n) is 22.4. The predicted octanol–water partition coefficient (Wildman–Crippen LogP) is 5.83. The van der Waals surface area contributed by atoms with Crippen LogP contribution >= 0.6 is 23.2 Å². The maximum Gasteiger partial charge on any atom is 0.264 e. The molecule has 10 heteroatoms. The Morgan fingerprint density at radius 1 is 0.897 bits per heavy atom. The van der Waals surface area contributed by atoms with Gasteiger partial charge in [-0.25, -0.2) is 8.42 Å². The molecule has 3 rings (SSSR count). The molecule has 0 saturated heterocycles. The first kappa shape index (κ1) is 30.5. The van der Waals surface area contributed by atoms with Gasteiger partial charge >= 0.3 is 0 Å². The van der Waals surface area contributed by atoms with Gasteiger partial charge in [0.05, 0.1) is 10.6 Å². The Bertz CT molecular complexity index is 1420.